The highest BCUT2D eigenvalue weighted by molar-refractivity contribution is 5.97. The Kier molecular flexibility index (Phi) is 24.6. The highest BCUT2D eigenvalue weighted by Crippen LogP contribution is 2.45. The van der Waals surface area contributed by atoms with Gasteiger partial charge in [-0.15, -0.1) is 0 Å². The zero-order valence-corrected chi connectivity index (χ0v) is 27.9. The Morgan fingerprint density at radius 3 is 1.50 bits per heavy atom. The number of hydrogen-bond donors (Lipinski definition) is 1. The lowest BCUT2D eigenvalue weighted by atomic mass is 9.64. The van der Waals surface area contributed by atoms with Gasteiger partial charge < -0.3 is 10.5 Å². The van der Waals surface area contributed by atoms with Gasteiger partial charge in [-0.2, -0.15) is 0 Å². The van der Waals surface area contributed by atoms with E-state index >= 15 is 0 Å². The summed E-state index contributed by atoms with van der Waals surface area (Å²) < 4.78 is 4.18. The van der Waals surface area contributed by atoms with Gasteiger partial charge in [-0.05, 0) is 50.0 Å². The minimum Gasteiger partial charge on any atom is -0.450 e. The predicted octanol–water partition coefficient (Wildman–Crippen LogP) is 11.6. The van der Waals surface area contributed by atoms with E-state index in [0.29, 0.717) is 18.3 Å². The van der Waals surface area contributed by atoms with E-state index in [9.17, 15) is 9.59 Å². The monoisotopic (exact) mass is 564 g/mol. The summed E-state index contributed by atoms with van der Waals surface area (Å²) in [5.41, 5.74) is 7.35. The first-order valence-electron chi connectivity index (χ1n) is 17.4. The highest BCUT2D eigenvalue weighted by Gasteiger charge is 2.38. The quantitative estimate of drug-likeness (QED) is 0.126. The maximum absolute atomic E-state index is 12.9. The van der Waals surface area contributed by atoms with Gasteiger partial charge in [-0.3, -0.25) is 4.79 Å². The second-order valence-corrected chi connectivity index (χ2v) is 13.0. The predicted molar refractivity (Wildman–Crippen MR) is 174 cm³/mol. The van der Waals surface area contributed by atoms with Crippen molar-refractivity contribution in [2.75, 3.05) is 6.61 Å². The Morgan fingerprint density at radius 2 is 1.12 bits per heavy atom. The van der Waals surface area contributed by atoms with Crippen molar-refractivity contribution in [3.05, 3.63) is 11.1 Å². The number of hydrogen-bond acceptors (Lipinski definition) is 3. The lowest BCUT2D eigenvalue weighted by molar-refractivity contribution is -0.119. The smallest absolute Gasteiger partial charge is 0.404 e. The SMILES string of the molecule is CCCCCCCCCCCCC1=C(C)C(CCCCCCCCCCCC)C(C)(C)CC1=O.CCOC(N)=O. The number of Topliss-reactive ketones (excluding diaryl/α,β-unsaturated/α-hetero) is 1. The first kappa shape index (κ1) is 38.7. The maximum atomic E-state index is 12.9. The third kappa shape index (κ3) is 19.7. The average Bonchev–Trinajstić information content (AvgIpc) is 2.89. The molecule has 0 bridgehead atoms. The van der Waals surface area contributed by atoms with E-state index in [4.69, 9.17) is 0 Å². The van der Waals surface area contributed by atoms with Gasteiger partial charge in [0.05, 0.1) is 6.61 Å². The zero-order chi connectivity index (χ0) is 30.1. The third-order valence-corrected chi connectivity index (χ3v) is 8.81. The number of carbonyl (C=O) groups is 2. The van der Waals surface area contributed by atoms with Crippen LogP contribution in [0.25, 0.3) is 0 Å². The van der Waals surface area contributed by atoms with Gasteiger partial charge >= 0.3 is 6.09 Å². The van der Waals surface area contributed by atoms with Crippen LogP contribution in [0.3, 0.4) is 0 Å². The first-order chi connectivity index (χ1) is 19.2. The van der Waals surface area contributed by atoms with Crippen LogP contribution in [0.5, 0.6) is 0 Å². The van der Waals surface area contributed by atoms with Crippen LogP contribution in [-0.2, 0) is 9.53 Å². The van der Waals surface area contributed by atoms with Crippen LogP contribution in [0.4, 0.5) is 4.79 Å². The third-order valence-electron chi connectivity index (χ3n) is 8.81. The van der Waals surface area contributed by atoms with Gasteiger partial charge in [0.1, 0.15) is 0 Å². The van der Waals surface area contributed by atoms with E-state index in [1.807, 2.05) is 0 Å². The summed E-state index contributed by atoms with van der Waals surface area (Å²) in [7, 11) is 0. The number of unbranched alkanes of at least 4 members (excludes halogenated alkanes) is 18. The van der Waals surface area contributed by atoms with E-state index in [2.05, 4.69) is 45.1 Å². The van der Waals surface area contributed by atoms with Crippen LogP contribution in [0.15, 0.2) is 11.1 Å². The topological polar surface area (TPSA) is 69.4 Å². The van der Waals surface area contributed by atoms with Crippen LogP contribution in [-0.4, -0.2) is 18.5 Å². The Hall–Kier alpha value is -1.32. The molecule has 0 aromatic carbocycles. The Balaban J connectivity index is 0.00000227. The number of allylic oxidation sites excluding steroid dienone is 2. The van der Waals surface area contributed by atoms with Crippen LogP contribution < -0.4 is 5.73 Å². The number of carbonyl (C=O) groups excluding carboxylic acids is 2. The largest absolute Gasteiger partial charge is 0.450 e. The van der Waals surface area contributed by atoms with Crippen molar-refractivity contribution in [2.24, 2.45) is 17.1 Å². The number of ether oxygens (including phenoxy) is 1. The molecule has 4 heteroatoms. The molecule has 1 unspecified atom stereocenters. The van der Waals surface area contributed by atoms with Gasteiger partial charge in [-0.25, -0.2) is 4.79 Å². The molecular weight excluding hydrogens is 494 g/mol. The maximum Gasteiger partial charge on any atom is 0.404 e. The van der Waals surface area contributed by atoms with E-state index < -0.39 is 6.09 Å². The van der Waals surface area contributed by atoms with Crippen LogP contribution in [0, 0.1) is 11.3 Å². The van der Waals surface area contributed by atoms with E-state index in [1.165, 1.54) is 146 Å². The van der Waals surface area contributed by atoms with Crippen molar-refractivity contribution >= 4 is 11.9 Å². The summed E-state index contributed by atoms with van der Waals surface area (Å²) >= 11 is 0. The molecule has 4 nitrogen and oxygen atoms in total. The summed E-state index contributed by atoms with van der Waals surface area (Å²) in [6, 6.07) is 0. The van der Waals surface area contributed by atoms with E-state index in [1.54, 1.807) is 6.92 Å². The normalized spacial score (nSPS) is 16.6. The molecule has 1 aliphatic rings. The summed E-state index contributed by atoms with van der Waals surface area (Å²) in [6.07, 6.45) is 30.0. The number of ketones is 1. The van der Waals surface area contributed by atoms with Crippen LogP contribution in [0.1, 0.15) is 189 Å². The lowest BCUT2D eigenvalue weighted by Gasteiger charge is -2.40. The molecule has 1 atom stereocenters. The molecule has 0 saturated heterocycles. The first-order valence-corrected chi connectivity index (χ1v) is 17.4. The van der Waals surface area contributed by atoms with Crippen LogP contribution in [0.2, 0.25) is 0 Å². The fraction of sp³-hybridized carbons (Fsp3) is 0.889. The molecule has 40 heavy (non-hydrogen) atoms. The number of nitrogens with two attached hydrogens (primary N) is 1. The zero-order valence-electron chi connectivity index (χ0n) is 27.9. The molecular formula is C36H69NO3. The molecule has 0 spiro atoms. The summed E-state index contributed by atoms with van der Waals surface area (Å²) in [5, 5.41) is 0. The van der Waals surface area contributed by atoms with Crippen molar-refractivity contribution < 1.29 is 14.3 Å². The molecule has 2 N–H and O–H groups in total. The summed E-state index contributed by atoms with van der Waals surface area (Å²) in [6.45, 7) is 13.6. The van der Waals surface area contributed by atoms with Crippen molar-refractivity contribution in [1.82, 2.24) is 0 Å². The molecule has 0 saturated carbocycles. The molecule has 0 radical (unpaired) electrons. The molecule has 1 aliphatic carbocycles. The molecule has 236 valence electrons. The van der Waals surface area contributed by atoms with Crippen molar-refractivity contribution in [3.8, 4) is 0 Å². The van der Waals surface area contributed by atoms with E-state index in [-0.39, 0.29) is 5.41 Å². The minimum absolute atomic E-state index is 0.141. The van der Waals surface area contributed by atoms with Crippen molar-refractivity contribution in [1.29, 1.82) is 0 Å². The van der Waals surface area contributed by atoms with E-state index in [0.717, 1.165) is 12.8 Å². The van der Waals surface area contributed by atoms with Gasteiger partial charge in [0.15, 0.2) is 5.78 Å². The second kappa shape index (κ2) is 25.4. The molecule has 0 aliphatic heterocycles. The fourth-order valence-corrected chi connectivity index (χ4v) is 6.37. The van der Waals surface area contributed by atoms with Crippen LogP contribution >= 0.6 is 0 Å². The Labute approximate surface area is 250 Å². The fourth-order valence-electron chi connectivity index (χ4n) is 6.37. The van der Waals surface area contributed by atoms with Crippen molar-refractivity contribution in [2.45, 2.75) is 189 Å². The molecule has 1 amide bonds. The number of rotatable bonds is 23. The molecule has 0 aromatic heterocycles. The molecule has 1 rings (SSSR count). The molecule has 0 fully saturated rings. The van der Waals surface area contributed by atoms with Gasteiger partial charge in [0, 0.05) is 6.42 Å². The molecule has 0 aromatic rings. The summed E-state index contributed by atoms with van der Waals surface area (Å²) in [5.74, 6) is 1.06. The van der Waals surface area contributed by atoms with Crippen molar-refractivity contribution in [3.63, 3.8) is 0 Å². The minimum atomic E-state index is -0.711. The number of primary amides is 1. The second-order valence-electron chi connectivity index (χ2n) is 13.0. The average molecular weight is 564 g/mol. The summed E-state index contributed by atoms with van der Waals surface area (Å²) in [4.78, 5) is 22.5. The molecule has 0 heterocycles. The Bertz CT molecular complexity index is 667. The highest BCUT2D eigenvalue weighted by atomic mass is 16.5. The van der Waals surface area contributed by atoms with Gasteiger partial charge in [0.25, 0.3) is 0 Å². The Morgan fingerprint density at radius 1 is 0.725 bits per heavy atom. The standard InChI is InChI=1S/C33H62O.C3H7NO2/c1-6-8-10-12-14-16-18-20-22-24-26-30-29(3)31(33(4,5)28-32(30)34)27-25-23-21-19-17-15-13-11-9-7-2;1-2-6-3(4)5/h31H,6-28H2,1-5H3;2H2,1H3,(H2,4,5). The number of amides is 1. The van der Waals surface area contributed by atoms with Gasteiger partial charge in [-0.1, -0.05) is 155 Å². The van der Waals surface area contributed by atoms with Gasteiger partial charge in [0.2, 0.25) is 0 Å². The lowest BCUT2D eigenvalue weighted by Crippen LogP contribution is -2.34.